The van der Waals surface area contributed by atoms with Crippen molar-refractivity contribution in [2.75, 3.05) is 20.1 Å². The molecule has 0 saturated carbocycles. The van der Waals surface area contributed by atoms with E-state index in [-0.39, 0.29) is 80.7 Å². The number of piperidine rings is 1. The van der Waals surface area contributed by atoms with Crippen LogP contribution in [0.4, 0.5) is 4.79 Å². The molecule has 1 fully saturated rings. The van der Waals surface area contributed by atoms with Crippen LogP contribution in [-0.2, 0) is 14.9 Å². The monoisotopic (exact) mass is 566 g/mol. The van der Waals surface area contributed by atoms with E-state index in [1.54, 1.807) is 0 Å². The molecule has 1 amide bonds. The third-order valence-electron chi connectivity index (χ3n) is 7.08. The van der Waals surface area contributed by atoms with Crippen LogP contribution < -0.4 is 63.5 Å². The Morgan fingerprint density at radius 1 is 1.18 bits per heavy atom. The minimum Gasteiger partial charge on any atom is -0.870 e. The molecule has 0 aromatic heterocycles. The summed E-state index contributed by atoms with van der Waals surface area (Å²) in [6, 6.07) is 4.52. The molecule has 1 saturated heterocycles. The number of amides is 1. The SMILES string of the molecule is CC=O.CNC(C)(C)[C@@H]1CCC2(CCN(C(=O)OC(C)(C)C)CC2)c2cc(Cl)c(C)cc21.[OH-].[Rb+]. The van der Waals surface area contributed by atoms with Crippen molar-refractivity contribution in [3.05, 3.63) is 33.8 Å². The summed E-state index contributed by atoms with van der Waals surface area (Å²) in [5.74, 6) is 0.452. The van der Waals surface area contributed by atoms with Crippen LogP contribution in [0.15, 0.2) is 12.1 Å². The van der Waals surface area contributed by atoms with E-state index >= 15 is 0 Å². The first-order valence-electron chi connectivity index (χ1n) is 11.7. The van der Waals surface area contributed by atoms with E-state index in [1.165, 1.54) is 18.1 Å². The average Bonchev–Trinajstić information content (AvgIpc) is 2.69. The maximum Gasteiger partial charge on any atom is 1.00 e. The summed E-state index contributed by atoms with van der Waals surface area (Å²) in [6.07, 6.45) is 4.77. The molecule has 1 heterocycles. The van der Waals surface area contributed by atoms with Gasteiger partial charge in [0.05, 0.1) is 0 Å². The van der Waals surface area contributed by atoms with Gasteiger partial charge in [0.1, 0.15) is 11.9 Å². The number of benzene rings is 1. The van der Waals surface area contributed by atoms with Crippen molar-refractivity contribution in [3.8, 4) is 0 Å². The predicted octanol–water partition coefficient (Wildman–Crippen LogP) is 2.82. The molecule has 1 aliphatic heterocycles. The maximum atomic E-state index is 12.5. The summed E-state index contributed by atoms with van der Waals surface area (Å²) in [5, 5.41) is 4.37. The van der Waals surface area contributed by atoms with Crippen molar-refractivity contribution in [1.82, 2.24) is 10.2 Å². The van der Waals surface area contributed by atoms with E-state index in [0.29, 0.717) is 5.92 Å². The van der Waals surface area contributed by atoms with Crippen molar-refractivity contribution in [3.63, 3.8) is 0 Å². The molecule has 2 N–H and O–H groups in total. The van der Waals surface area contributed by atoms with Crippen LogP contribution in [0.1, 0.15) is 89.8 Å². The van der Waals surface area contributed by atoms with Gasteiger partial charge in [-0.2, -0.15) is 0 Å². The number of hydrogen-bond donors (Lipinski definition) is 1. The number of aryl methyl sites for hydroxylation is 1. The Morgan fingerprint density at radius 2 is 1.71 bits per heavy atom. The molecular weight excluding hydrogens is 525 g/mol. The Morgan fingerprint density at radius 3 is 2.18 bits per heavy atom. The first kappa shape index (κ1) is 34.2. The molecule has 34 heavy (non-hydrogen) atoms. The molecule has 0 bridgehead atoms. The molecule has 188 valence electrons. The minimum atomic E-state index is -0.458. The van der Waals surface area contributed by atoms with Gasteiger partial charge in [-0.1, -0.05) is 17.7 Å². The zero-order valence-electron chi connectivity index (χ0n) is 22.5. The third kappa shape index (κ3) is 8.09. The quantitative estimate of drug-likeness (QED) is 0.556. The smallest absolute Gasteiger partial charge is 0.870 e. The summed E-state index contributed by atoms with van der Waals surface area (Å²) in [5.41, 5.74) is 3.64. The number of fused-ring (bicyclic) bond motifs is 2. The first-order valence-corrected chi connectivity index (χ1v) is 12.0. The number of ether oxygens (including phenoxy) is 1. The first-order chi connectivity index (χ1) is 14.8. The third-order valence-corrected chi connectivity index (χ3v) is 7.48. The van der Waals surface area contributed by atoms with E-state index in [0.717, 1.165) is 55.6 Å². The maximum absolute atomic E-state index is 12.5. The molecular formula is C26H42ClN2O4Rb. The summed E-state index contributed by atoms with van der Waals surface area (Å²) in [7, 11) is 2.05. The second-order valence-electron chi connectivity index (χ2n) is 10.7. The second-order valence-corrected chi connectivity index (χ2v) is 11.1. The standard InChI is InChI=1S/C24H37ClN2O2.C2H4O.H2O.Rb/c1-16-14-17-18(23(5,6)26-7)8-9-24(19(17)15-20(16)25)10-12-27(13-11-24)21(28)29-22(2,3)4;1-2-3;;/h14-15,18,26H,8-13H2,1-7H3;2H,1H3;1H2;/q;;;+1/p-1/t18-;;;/m1.../s1. The van der Waals surface area contributed by atoms with Gasteiger partial charge in [-0.15, -0.1) is 0 Å². The van der Waals surface area contributed by atoms with Crippen LogP contribution in [0.5, 0.6) is 0 Å². The molecule has 6 nitrogen and oxygen atoms in total. The van der Waals surface area contributed by atoms with Crippen LogP contribution in [0, 0.1) is 6.92 Å². The number of likely N-dealkylation sites (N-methyl/N-ethyl adjacent to an activating group) is 1. The number of likely N-dealkylation sites (tertiary alicyclic amines) is 1. The van der Waals surface area contributed by atoms with E-state index < -0.39 is 5.60 Å². The largest absolute Gasteiger partial charge is 1.00 e. The van der Waals surface area contributed by atoms with E-state index in [1.807, 2.05) is 32.7 Å². The zero-order valence-corrected chi connectivity index (χ0v) is 28.2. The van der Waals surface area contributed by atoms with Crippen molar-refractivity contribution in [1.29, 1.82) is 0 Å². The van der Waals surface area contributed by atoms with Crippen LogP contribution >= 0.6 is 11.6 Å². The fourth-order valence-electron chi connectivity index (χ4n) is 5.05. The van der Waals surface area contributed by atoms with Crippen LogP contribution in [0.2, 0.25) is 5.02 Å². The van der Waals surface area contributed by atoms with Crippen molar-refractivity contribution >= 4 is 24.0 Å². The van der Waals surface area contributed by atoms with Gasteiger partial charge in [-0.3, -0.25) is 0 Å². The Kier molecular flexibility index (Phi) is 13.7. The van der Waals surface area contributed by atoms with Crippen LogP contribution in [0.25, 0.3) is 0 Å². The molecule has 0 radical (unpaired) electrons. The summed E-state index contributed by atoms with van der Waals surface area (Å²) < 4.78 is 5.59. The molecule has 1 aromatic carbocycles. The number of carbonyl (C=O) groups is 2. The van der Waals surface area contributed by atoms with Crippen molar-refractivity contribution < 1.29 is 78.0 Å². The number of rotatable bonds is 2. The molecule has 1 spiro atoms. The van der Waals surface area contributed by atoms with E-state index in [4.69, 9.17) is 21.1 Å². The average molecular weight is 568 g/mol. The Balaban J connectivity index is 0.00000207. The fourth-order valence-corrected chi connectivity index (χ4v) is 5.21. The fraction of sp³-hybridized carbons (Fsp3) is 0.692. The molecule has 0 unspecified atom stereocenters. The molecule has 1 atom stereocenters. The molecule has 3 rings (SSSR count). The van der Waals surface area contributed by atoms with Gasteiger partial charge >= 0.3 is 64.3 Å². The van der Waals surface area contributed by atoms with Crippen LogP contribution in [0.3, 0.4) is 0 Å². The molecule has 1 aliphatic carbocycles. The molecule has 1 aromatic rings. The van der Waals surface area contributed by atoms with E-state index in [2.05, 4.69) is 38.2 Å². The van der Waals surface area contributed by atoms with E-state index in [9.17, 15) is 4.79 Å². The summed E-state index contributed by atoms with van der Waals surface area (Å²) in [4.78, 5) is 23.2. The number of aldehydes is 1. The van der Waals surface area contributed by atoms with Crippen molar-refractivity contribution in [2.45, 2.75) is 96.6 Å². The van der Waals surface area contributed by atoms with Gasteiger partial charge in [-0.25, -0.2) is 4.79 Å². The Hall–Kier alpha value is 0.175. The summed E-state index contributed by atoms with van der Waals surface area (Å²) in [6.45, 7) is 15.3. The van der Waals surface area contributed by atoms with Crippen LogP contribution in [-0.4, -0.2) is 54.0 Å². The molecule has 2 aliphatic rings. The number of hydrogen-bond acceptors (Lipinski definition) is 5. The molecule has 8 heteroatoms. The summed E-state index contributed by atoms with van der Waals surface area (Å²) >= 11 is 6.60. The van der Waals surface area contributed by atoms with Gasteiger partial charge < -0.3 is 25.2 Å². The normalized spacial score (nSPS) is 19.0. The number of nitrogens with zero attached hydrogens (tertiary/aromatic N) is 1. The Labute approximate surface area is 260 Å². The van der Waals surface area contributed by atoms with Gasteiger partial charge in [0.2, 0.25) is 0 Å². The van der Waals surface area contributed by atoms with Gasteiger partial charge in [0.25, 0.3) is 0 Å². The van der Waals surface area contributed by atoms with Crippen molar-refractivity contribution in [2.24, 2.45) is 0 Å². The number of carbonyl (C=O) groups excluding carboxylic acids is 2. The van der Waals surface area contributed by atoms with Gasteiger partial charge in [0, 0.05) is 29.6 Å². The number of nitrogens with one attached hydrogen (secondary N) is 1. The van der Waals surface area contributed by atoms with Gasteiger partial charge in [0.15, 0.2) is 0 Å². The Bertz CT molecular complexity index is 831. The predicted molar refractivity (Wildman–Crippen MR) is 134 cm³/mol. The number of halogens is 1. The minimum absolute atomic E-state index is 0. The zero-order chi connectivity index (χ0) is 24.3. The van der Waals surface area contributed by atoms with Gasteiger partial charge in [-0.05, 0) is 109 Å². The topological polar surface area (TPSA) is 88.6 Å². The second kappa shape index (κ2) is 13.6.